The van der Waals surface area contributed by atoms with Gasteiger partial charge in [0, 0.05) is 6.54 Å². The Labute approximate surface area is 204 Å². The van der Waals surface area contributed by atoms with Crippen LogP contribution in [-0.2, 0) is 9.59 Å². The van der Waals surface area contributed by atoms with Crippen molar-refractivity contribution in [3.63, 3.8) is 0 Å². The van der Waals surface area contributed by atoms with Crippen molar-refractivity contribution < 1.29 is 14.4 Å². The molecule has 1 heterocycles. The van der Waals surface area contributed by atoms with Crippen LogP contribution < -0.4 is 15.5 Å². The zero-order valence-corrected chi connectivity index (χ0v) is 20.9. The number of thioether (sulfide) groups is 1. The number of anilines is 1. The van der Waals surface area contributed by atoms with E-state index in [9.17, 15) is 14.4 Å². The van der Waals surface area contributed by atoms with Crippen molar-refractivity contribution >= 4 is 46.5 Å². The van der Waals surface area contributed by atoms with Crippen molar-refractivity contribution in [1.82, 2.24) is 10.6 Å². The third kappa shape index (κ3) is 6.14. The molecule has 34 heavy (non-hydrogen) atoms. The number of aliphatic imine (C=N–C) groups is 1. The molecule has 8 heteroatoms. The maximum absolute atomic E-state index is 13.4. The van der Waals surface area contributed by atoms with E-state index < -0.39 is 17.2 Å². The Morgan fingerprint density at radius 3 is 2.29 bits per heavy atom. The fourth-order valence-electron chi connectivity index (χ4n) is 3.26. The van der Waals surface area contributed by atoms with Crippen LogP contribution in [0.3, 0.4) is 0 Å². The maximum atomic E-state index is 13.4. The Kier molecular flexibility index (Phi) is 8.28. The van der Waals surface area contributed by atoms with E-state index in [1.165, 1.54) is 10.5 Å². The Morgan fingerprint density at radius 1 is 1.06 bits per heavy atom. The summed E-state index contributed by atoms with van der Waals surface area (Å²) >= 11 is 1.13. The van der Waals surface area contributed by atoms with Gasteiger partial charge >= 0.3 is 6.03 Å². The van der Waals surface area contributed by atoms with E-state index in [-0.39, 0.29) is 11.6 Å². The number of carbonyl (C=O) groups excluding carboxylic acids is 3. The molecule has 0 saturated heterocycles. The smallest absolute Gasteiger partial charge is 0.321 e. The average molecular weight is 479 g/mol. The number of nitrogens with one attached hydrogen (secondary N) is 2. The number of imide groups is 1. The van der Waals surface area contributed by atoms with Crippen molar-refractivity contribution in [1.29, 1.82) is 0 Å². The highest BCUT2D eigenvalue weighted by Crippen LogP contribution is 2.31. The predicted molar refractivity (Wildman–Crippen MR) is 139 cm³/mol. The molecule has 0 aromatic heterocycles. The van der Waals surface area contributed by atoms with E-state index in [1.807, 2.05) is 55.5 Å². The first kappa shape index (κ1) is 25.2. The molecular weight excluding hydrogens is 448 g/mol. The fourth-order valence-corrected chi connectivity index (χ4v) is 4.19. The Bertz CT molecular complexity index is 1120. The molecule has 0 radical (unpaired) electrons. The minimum Gasteiger partial charge on any atom is -0.338 e. The van der Waals surface area contributed by atoms with Crippen molar-refractivity contribution in [2.75, 3.05) is 11.4 Å². The molecule has 7 nitrogen and oxygen atoms in total. The van der Waals surface area contributed by atoms with Gasteiger partial charge in [0.2, 0.25) is 5.91 Å². The van der Waals surface area contributed by atoms with Crippen LogP contribution in [-0.4, -0.2) is 34.8 Å². The van der Waals surface area contributed by atoms with Crippen LogP contribution in [0.5, 0.6) is 0 Å². The van der Waals surface area contributed by atoms with Crippen LogP contribution >= 0.6 is 11.8 Å². The van der Waals surface area contributed by atoms with Gasteiger partial charge < -0.3 is 5.32 Å². The van der Waals surface area contributed by atoms with Gasteiger partial charge in [-0.2, -0.15) is 0 Å². The number of hydrogen-bond donors (Lipinski definition) is 2. The number of benzene rings is 2. The number of urea groups is 1. The van der Waals surface area contributed by atoms with Crippen molar-refractivity contribution in [3.8, 4) is 0 Å². The zero-order valence-electron chi connectivity index (χ0n) is 20.1. The molecule has 1 unspecified atom stereocenters. The Hall–Kier alpha value is -3.39. The summed E-state index contributed by atoms with van der Waals surface area (Å²) in [4.78, 5) is 43.7. The van der Waals surface area contributed by atoms with Crippen LogP contribution in [0.4, 0.5) is 10.5 Å². The fraction of sp³-hybridized carbons (Fsp3) is 0.308. The summed E-state index contributed by atoms with van der Waals surface area (Å²) in [6.45, 7) is 10.1. The summed E-state index contributed by atoms with van der Waals surface area (Å²) in [5, 5.41) is 4.58. The lowest BCUT2D eigenvalue weighted by Gasteiger charge is -2.20. The highest BCUT2D eigenvalue weighted by molar-refractivity contribution is 8.15. The number of amidine groups is 1. The number of amides is 4. The Balaban J connectivity index is 1.89. The molecule has 178 valence electrons. The topological polar surface area (TPSA) is 90.9 Å². The first-order chi connectivity index (χ1) is 16.2. The van der Waals surface area contributed by atoms with E-state index in [1.54, 1.807) is 19.9 Å². The molecule has 1 aliphatic rings. The second kappa shape index (κ2) is 11.2. The van der Waals surface area contributed by atoms with Crippen molar-refractivity contribution in [2.45, 2.75) is 45.8 Å². The number of nitrogens with zero attached hydrogens (tertiary/aromatic N) is 2. The van der Waals surface area contributed by atoms with Crippen molar-refractivity contribution in [3.05, 3.63) is 70.9 Å². The molecule has 2 N–H and O–H groups in total. The molecule has 4 amide bonds. The van der Waals surface area contributed by atoms with Gasteiger partial charge in [-0.3, -0.25) is 19.8 Å². The molecule has 0 saturated carbocycles. The van der Waals surface area contributed by atoms with Crippen LogP contribution in [0.2, 0.25) is 0 Å². The second-order valence-corrected chi connectivity index (χ2v) is 9.64. The molecule has 2 aromatic carbocycles. The van der Waals surface area contributed by atoms with E-state index in [0.717, 1.165) is 22.9 Å². The maximum Gasteiger partial charge on any atom is 0.321 e. The highest BCUT2D eigenvalue weighted by atomic mass is 32.2. The lowest BCUT2D eigenvalue weighted by Crippen LogP contribution is -2.43. The van der Waals surface area contributed by atoms with E-state index in [2.05, 4.69) is 29.5 Å². The summed E-state index contributed by atoms with van der Waals surface area (Å²) in [5.41, 5.74) is 4.10. The second-order valence-electron chi connectivity index (χ2n) is 8.33. The van der Waals surface area contributed by atoms with Gasteiger partial charge in [-0.15, -0.1) is 0 Å². The molecule has 0 fully saturated rings. The molecule has 0 aliphatic carbocycles. The number of aryl methyl sites for hydroxylation is 1. The minimum atomic E-state index is -0.647. The highest BCUT2D eigenvalue weighted by Gasteiger charge is 2.34. The first-order valence-electron chi connectivity index (χ1n) is 11.3. The SMILES string of the molecule is CCNC(=O)NC(=O)C(C)SC1=NC(=Cc2ccc(C(C)C)cc2)C(=O)N1c1ccc(C)cc1. The summed E-state index contributed by atoms with van der Waals surface area (Å²) < 4.78 is 0. The van der Waals surface area contributed by atoms with Gasteiger partial charge in [0.15, 0.2) is 5.17 Å². The number of carbonyl (C=O) groups is 3. The minimum absolute atomic E-state index is 0.268. The van der Waals surface area contributed by atoms with E-state index in [4.69, 9.17) is 0 Å². The first-order valence-corrected chi connectivity index (χ1v) is 12.1. The van der Waals surface area contributed by atoms with Crippen LogP contribution in [0, 0.1) is 6.92 Å². The van der Waals surface area contributed by atoms with Gasteiger partial charge in [-0.25, -0.2) is 9.79 Å². The van der Waals surface area contributed by atoms with Crippen molar-refractivity contribution in [2.24, 2.45) is 4.99 Å². The van der Waals surface area contributed by atoms with Gasteiger partial charge in [-0.1, -0.05) is 67.6 Å². The van der Waals surface area contributed by atoms with Gasteiger partial charge in [0.05, 0.1) is 10.9 Å². The third-order valence-electron chi connectivity index (χ3n) is 5.25. The van der Waals surface area contributed by atoms with E-state index >= 15 is 0 Å². The zero-order chi connectivity index (χ0) is 24.8. The third-order valence-corrected chi connectivity index (χ3v) is 6.31. The Morgan fingerprint density at radius 2 is 1.71 bits per heavy atom. The number of hydrogen-bond acceptors (Lipinski definition) is 5. The molecule has 3 rings (SSSR count). The van der Waals surface area contributed by atoms with Gasteiger partial charge in [-0.05, 0) is 56.0 Å². The lowest BCUT2D eigenvalue weighted by atomic mass is 10.0. The molecule has 1 aliphatic heterocycles. The summed E-state index contributed by atoms with van der Waals surface area (Å²) in [5.74, 6) is -0.313. The lowest BCUT2D eigenvalue weighted by molar-refractivity contribution is -0.119. The molecule has 0 spiro atoms. The van der Waals surface area contributed by atoms with Crippen LogP contribution in [0.1, 0.15) is 50.3 Å². The normalized spacial score (nSPS) is 15.5. The van der Waals surface area contributed by atoms with Gasteiger partial charge in [0.1, 0.15) is 5.70 Å². The summed E-state index contributed by atoms with van der Waals surface area (Å²) in [6.07, 6.45) is 1.75. The van der Waals surface area contributed by atoms with E-state index in [0.29, 0.717) is 23.3 Å². The standard InChI is InChI=1S/C26H30N4O3S/c1-6-27-25(33)29-23(31)18(5)34-26-28-22(15-19-9-11-20(12-10-19)16(2)3)24(32)30(26)21-13-7-17(4)8-14-21/h7-16,18H,6H2,1-5H3,(H2,27,29,31,33). The average Bonchev–Trinajstić information content (AvgIpc) is 3.09. The molecular formula is C26H30N4O3S. The predicted octanol–water partition coefficient (Wildman–Crippen LogP) is 4.83. The number of rotatable bonds is 6. The van der Waals surface area contributed by atoms with Gasteiger partial charge in [0.25, 0.3) is 5.91 Å². The monoisotopic (exact) mass is 478 g/mol. The molecule has 0 bridgehead atoms. The van der Waals surface area contributed by atoms with Crippen LogP contribution in [0.25, 0.3) is 6.08 Å². The largest absolute Gasteiger partial charge is 0.338 e. The molecule has 2 aromatic rings. The summed E-state index contributed by atoms with van der Waals surface area (Å²) in [6, 6.07) is 15.0. The molecule has 1 atom stereocenters. The van der Waals surface area contributed by atoms with Crippen LogP contribution in [0.15, 0.2) is 59.2 Å². The quantitative estimate of drug-likeness (QED) is 0.582. The summed E-state index contributed by atoms with van der Waals surface area (Å²) in [7, 11) is 0.